The Morgan fingerprint density at radius 3 is 2.03 bits per heavy atom. The number of rotatable bonds is 2. The van der Waals surface area contributed by atoms with Crippen LogP contribution in [0.3, 0.4) is 0 Å². The van der Waals surface area contributed by atoms with Crippen molar-refractivity contribution < 1.29 is 9.13 Å². The molecule has 0 N–H and O–H groups in total. The Labute approximate surface area is 219 Å². The topological polar surface area (TPSA) is 11.0 Å². The van der Waals surface area contributed by atoms with Gasteiger partial charge < -0.3 is 4.90 Å². The van der Waals surface area contributed by atoms with E-state index in [-0.39, 0.29) is 0 Å². The van der Waals surface area contributed by atoms with E-state index >= 15 is 0 Å². The van der Waals surface area contributed by atoms with Gasteiger partial charge in [-0.1, -0.05) is 24.3 Å². The van der Waals surface area contributed by atoms with Crippen LogP contribution in [0.1, 0.15) is 46.2 Å². The van der Waals surface area contributed by atoms with E-state index in [4.69, 9.17) is 0 Å². The van der Waals surface area contributed by atoms with Gasteiger partial charge in [0.25, 0.3) is 0 Å². The lowest BCUT2D eigenvalue weighted by molar-refractivity contribution is -0.689. The summed E-state index contributed by atoms with van der Waals surface area (Å²) in [6.07, 6.45) is 16.4. The van der Waals surface area contributed by atoms with E-state index in [0.29, 0.717) is 0 Å². The molecule has 0 bridgehead atoms. The number of nitrogens with zero attached hydrogens (tertiary/aromatic N) is 3. The van der Waals surface area contributed by atoms with Gasteiger partial charge in [0.2, 0.25) is 11.4 Å². The molecular weight excluding hydrogens is 450 g/mol. The zero-order chi connectivity index (χ0) is 24.3. The Morgan fingerprint density at radius 2 is 1.27 bits per heavy atom. The zero-order valence-electron chi connectivity index (χ0n) is 21.4. The molecule has 0 radical (unpaired) electrons. The number of aromatic nitrogens is 2. The second-order valence-corrected chi connectivity index (χ2v) is 11.2. The molecule has 2 aromatic heterocycles. The SMILES string of the molecule is C(=Cc1cc[n+]2c(c1)-c1c(ccc3c1-c1cccc[n+]1CC3)CC2)c1cc2c3c(c1)CCCN3CCC2. The lowest BCUT2D eigenvalue weighted by Gasteiger charge is -2.37. The van der Waals surface area contributed by atoms with Crippen molar-refractivity contribution in [3.05, 3.63) is 100 Å². The molecule has 2 aromatic carbocycles. The Kier molecular flexibility index (Phi) is 4.86. The van der Waals surface area contributed by atoms with Crippen LogP contribution >= 0.6 is 0 Å². The van der Waals surface area contributed by atoms with Crippen LogP contribution in [0.5, 0.6) is 0 Å². The fourth-order valence-electron chi connectivity index (χ4n) is 7.25. The highest BCUT2D eigenvalue weighted by atomic mass is 15.1. The molecule has 8 rings (SSSR count). The van der Waals surface area contributed by atoms with E-state index in [1.54, 1.807) is 16.8 Å². The van der Waals surface area contributed by atoms with Crippen LogP contribution in [0.2, 0.25) is 0 Å². The average molecular weight is 484 g/mol. The van der Waals surface area contributed by atoms with Crippen molar-refractivity contribution >= 4 is 17.8 Å². The second-order valence-electron chi connectivity index (χ2n) is 11.2. The number of aryl methyl sites for hydroxylation is 6. The monoisotopic (exact) mass is 483 g/mol. The first-order valence-corrected chi connectivity index (χ1v) is 14.1. The van der Waals surface area contributed by atoms with E-state index < -0.39 is 0 Å². The van der Waals surface area contributed by atoms with Crippen LogP contribution in [0.25, 0.3) is 34.7 Å². The molecule has 0 atom stereocenters. The standard InChI is InChI=1S/C34H33N3/c1-2-15-35-19-13-26-10-11-27-14-20-36-18-12-24(23-31(36)33(27)32(26)30(35)7-1)8-9-25-21-28-5-3-16-37-17-4-6-29(22-25)34(28)37/h1-2,7-12,15,18,21-23H,3-6,13-14,16-17,19-20H2/q+2. The number of anilines is 1. The van der Waals surface area contributed by atoms with E-state index in [1.807, 2.05) is 0 Å². The van der Waals surface area contributed by atoms with E-state index in [2.05, 4.69) is 93.2 Å². The van der Waals surface area contributed by atoms with Gasteiger partial charge in [0.15, 0.2) is 25.5 Å². The Hall–Kier alpha value is -3.72. The number of hydrogen-bond donors (Lipinski definition) is 0. The molecule has 182 valence electrons. The predicted molar refractivity (Wildman–Crippen MR) is 149 cm³/mol. The molecule has 0 unspecified atom stereocenters. The van der Waals surface area contributed by atoms with E-state index in [0.717, 1.165) is 25.9 Å². The quantitative estimate of drug-likeness (QED) is 0.339. The van der Waals surface area contributed by atoms with Crippen molar-refractivity contribution in [2.45, 2.75) is 51.6 Å². The van der Waals surface area contributed by atoms with Gasteiger partial charge in [-0.3, -0.25) is 0 Å². The smallest absolute Gasteiger partial charge is 0.214 e. The molecule has 0 amide bonds. The number of fused-ring (bicyclic) bond motifs is 7. The molecule has 0 fully saturated rings. The fraction of sp³-hybridized carbons (Fsp3) is 0.294. The van der Waals surface area contributed by atoms with Gasteiger partial charge in [0.1, 0.15) is 0 Å². The number of benzene rings is 2. The van der Waals surface area contributed by atoms with Crippen LogP contribution in [-0.4, -0.2) is 13.1 Å². The summed E-state index contributed by atoms with van der Waals surface area (Å²) in [4.78, 5) is 2.63. The number of pyridine rings is 2. The first kappa shape index (κ1) is 21.4. The van der Waals surface area contributed by atoms with Crippen molar-refractivity contribution in [3.63, 3.8) is 0 Å². The molecular formula is C34H33N3+2. The third-order valence-electron chi connectivity index (χ3n) is 8.96. The summed E-state index contributed by atoms with van der Waals surface area (Å²) < 4.78 is 4.88. The van der Waals surface area contributed by atoms with Crippen molar-refractivity contribution in [2.75, 3.05) is 18.0 Å². The minimum Gasteiger partial charge on any atom is -0.371 e. The highest BCUT2D eigenvalue weighted by Gasteiger charge is 2.33. The Bertz CT molecular complexity index is 1560. The van der Waals surface area contributed by atoms with Gasteiger partial charge >= 0.3 is 0 Å². The summed E-state index contributed by atoms with van der Waals surface area (Å²) in [5, 5.41) is 0. The first-order chi connectivity index (χ1) is 18.3. The Balaban J connectivity index is 1.21. The maximum absolute atomic E-state index is 2.63. The van der Waals surface area contributed by atoms with Crippen molar-refractivity contribution in [1.29, 1.82) is 0 Å². The molecule has 4 aromatic rings. The van der Waals surface area contributed by atoms with E-state index in [1.165, 1.54) is 83.5 Å². The molecule has 0 spiro atoms. The van der Waals surface area contributed by atoms with Crippen molar-refractivity contribution in [3.8, 4) is 22.5 Å². The second kappa shape index (κ2) is 8.41. The van der Waals surface area contributed by atoms with Crippen LogP contribution in [0, 0.1) is 0 Å². The molecule has 37 heavy (non-hydrogen) atoms. The summed E-state index contributed by atoms with van der Waals surface area (Å²) in [5.74, 6) is 0. The summed E-state index contributed by atoms with van der Waals surface area (Å²) in [7, 11) is 0. The van der Waals surface area contributed by atoms with Crippen LogP contribution in [-0.2, 0) is 38.8 Å². The zero-order valence-corrected chi connectivity index (χ0v) is 21.4. The highest BCUT2D eigenvalue weighted by molar-refractivity contribution is 5.85. The van der Waals surface area contributed by atoms with Crippen molar-refractivity contribution in [2.24, 2.45) is 0 Å². The molecule has 4 aliphatic rings. The molecule has 3 nitrogen and oxygen atoms in total. The fourth-order valence-corrected chi connectivity index (χ4v) is 7.25. The van der Waals surface area contributed by atoms with Gasteiger partial charge in [-0.2, -0.15) is 9.13 Å². The largest absolute Gasteiger partial charge is 0.371 e. The predicted octanol–water partition coefficient (Wildman–Crippen LogP) is 5.58. The third kappa shape index (κ3) is 3.48. The summed E-state index contributed by atoms with van der Waals surface area (Å²) >= 11 is 0. The summed E-state index contributed by atoms with van der Waals surface area (Å²) in [6.45, 7) is 4.57. The lowest BCUT2D eigenvalue weighted by atomic mass is 9.85. The van der Waals surface area contributed by atoms with Crippen molar-refractivity contribution in [1.82, 2.24) is 0 Å². The lowest BCUT2D eigenvalue weighted by Crippen LogP contribution is -2.43. The summed E-state index contributed by atoms with van der Waals surface area (Å²) in [6, 6.07) is 21.0. The molecule has 6 heterocycles. The molecule has 4 aliphatic heterocycles. The summed E-state index contributed by atoms with van der Waals surface area (Å²) in [5.41, 5.74) is 15.9. The maximum atomic E-state index is 2.63. The number of hydrogen-bond acceptors (Lipinski definition) is 1. The minimum absolute atomic E-state index is 1.05. The van der Waals surface area contributed by atoms with Crippen LogP contribution < -0.4 is 14.0 Å². The van der Waals surface area contributed by atoms with Gasteiger partial charge in [0, 0.05) is 55.9 Å². The average Bonchev–Trinajstić information content (AvgIpc) is 2.95. The minimum atomic E-state index is 1.05. The normalized spacial score (nSPS) is 17.0. The molecule has 0 aliphatic carbocycles. The van der Waals surface area contributed by atoms with Gasteiger partial charge in [-0.15, -0.1) is 0 Å². The third-order valence-corrected chi connectivity index (χ3v) is 8.96. The molecule has 3 heteroatoms. The molecule has 0 saturated carbocycles. The highest BCUT2D eigenvalue weighted by Crippen LogP contribution is 2.40. The molecule has 0 saturated heterocycles. The van der Waals surface area contributed by atoms with Crippen LogP contribution in [0.15, 0.2) is 67.0 Å². The maximum Gasteiger partial charge on any atom is 0.214 e. The first-order valence-electron chi connectivity index (χ1n) is 14.1. The Morgan fingerprint density at radius 1 is 0.595 bits per heavy atom. The van der Waals surface area contributed by atoms with Gasteiger partial charge in [-0.25, -0.2) is 0 Å². The van der Waals surface area contributed by atoms with E-state index in [9.17, 15) is 0 Å². The van der Waals surface area contributed by atoms with Gasteiger partial charge in [-0.05, 0) is 77.3 Å². The van der Waals surface area contributed by atoms with Gasteiger partial charge in [0.05, 0.1) is 11.1 Å². The van der Waals surface area contributed by atoms with Crippen LogP contribution in [0.4, 0.5) is 5.69 Å².